The van der Waals surface area contributed by atoms with Crippen LogP contribution in [0.1, 0.15) is 271 Å². The van der Waals surface area contributed by atoms with Gasteiger partial charge in [0.15, 0.2) is 6.10 Å². The molecule has 0 radical (unpaired) electrons. The second kappa shape index (κ2) is 49.3. The Bertz CT molecular complexity index is 1020. The molecule has 0 heterocycles. The van der Waals surface area contributed by atoms with Gasteiger partial charge in [-0.15, -0.1) is 0 Å². The normalized spacial score (nSPS) is 12.2. The third-order valence-electron chi connectivity index (χ3n) is 11.4. The highest BCUT2D eigenvalue weighted by atomic mass is 16.6. The van der Waals surface area contributed by atoms with Gasteiger partial charge in [-0.05, 0) is 57.8 Å². The zero-order chi connectivity index (χ0) is 43.7. The molecule has 0 aliphatic heterocycles. The Morgan fingerprint density at radius 3 is 0.933 bits per heavy atom. The van der Waals surface area contributed by atoms with Crippen molar-refractivity contribution < 1.29 is 28.6 Å². The number of ether oxygens (including phenoxy) is 3. The first-order chi connectivity index (χ1) is 29.5. The topological polar surface area (TPSA) is 78.9 Å². The highest BCUT2D eigenvalue weighted by molar-refractivity contribution is 5.71. The molecular formula is C54H98O6. The van der Waals surface area contributed by atoms with Gasteiger partial charge in [-0.2, -0.15) is 0 Å². The van der Waals surface area contributed by atoms with Gasteiger partial charge in [0, 0.05) is 19.3 Å². The Kier molecular flexibility index (Phi) is 47.3. The molecule has 0 aromatic carbocycles. The van der Waals surface area contributed by atoms with Crippen LogP contribution >= 0.6 is 0 Å². The van der Waals surface area contributed by atoms with Crippen molar-refractivity contribution >= 4 is 17.9 Å². The Balaban J connectivity index is 4.28. The van der Waals surface area contributed by atoms with Gasteiger partial charge < -0.3 is 14.2 Å². The molecule has 0 aliphatic carbocycles. The monoisotopic (exact) mass is 843 g/mol. The molecule has 60 heavy (non-hydrogen) atoms. The van der Waals surface area contributed by atoms with Gasteiger partial charge in [0.05, 0.1) is 0 Å². The van der Waals surface area contributed by atoms with Crippen molar-refractivity contribution in [3.8, 4) is 0 Å². The maximum absolute atomic E-state index is 12.7. The van der Waals surface area contributed by atoms with Crippen LogP contribution in [-0.2, 0) is 28.6 Å². The van der Waals surface area contributed by atoms with E-state index >= 15 is 0 Å². The van der Waals surface area contributed by atoms with Crippen LogP contribution in [0.15, 0.2) is 36.5 Å². The van der Waals surface area contributed by atoms with Crippen molar-refractivity contribution in [2.24, 2.45) is 0 Å². The zero-order valence-electron chi connectivity index (χ0n) is 40.0. The minimum absolute atomic E-state index is 0.0727. The predicted molar refractivity (Wildman–Crippen MR) is 256 cm³/mol. The van der Waals surface area contributed by atoms with Gasteiger partial charge in [-0.3, -0.25) is 14.4 Å². The molecule has 0 aromatic heterocycles. The van der Waals surface area contributed by atoms with Crippen LogP contribution in [0.25, 0.3) is 0 Å². The molecule has 1 unspecified atom stereocenters. The Labute approximate surface area is 372 Å². The molecule has 0 bridgehead atoms. The molecule has 0 aromatic rings. The van der Waals surface area contributed by atoms with Crippen LogP contribution in [0.4, 0.5) is 0 Å². The number of hydrogen-bond donors (Lipinski definition) is 0. The summed E-state index contributed by atoms with van der Waals surface area (Å²) >= 11 is 0. The SMILES string of the molecule is CCCCCCC/C=C\C/C=C\C/C=C\CCCCCCCCC(=O)OCC(COC(=O)CCCCCCCCCCCC)OC(=O)CCCCCCCCCCCCC. The van der Waals surface area contributed by atoms with Gasteiger partial charge in [0.1, 0.15) is 13.2 Å². The molecular weight excluding hydrogens is 745 g/mol. The summed E-state index contributed by atoms with van der Waals surface area (Å²) < 4.78 is 16.8. The lowest BCUT2D eigenvalue weighted by molar-refractivity contribution is -0.167. The van der Waals surface area contributed by atoms with E-state index in [0.717, 1.165) is 77.0 Å². The number of rotatable bonds is 47. The molecule has 0 rings (SSSR count). The van der Waals surface area contributed by atoms with E-state index in [1.807, 2.05) is 0 Å². The van der Waals surface area contributed by atoms with E-state index in [0.29, 0.717) is 19.3 Å². The van der Waals surface area contributed by atoms with E-state index in [2.05, 4.69) is 57.2 Å². The minimum Gasteiger partial charge on any atom is -0.462 e. The smallest absolute Gasteiger partial charge is 0.306 e. The second-order valence-corrected chi connectivity index (χ2v) is 17.4. The maximum Gasteiger partial charge on any atom is 0.306 e. The van der Waals surface area contributed by atoms with Crippen molar-refractivity contribution in [1.29, 1.82) is 0 Å². The van der Waals surface area contributed by atoms with E-state index < -0.39 is 6.10 Å². The number of hydrogen-bond acceptors (Lipinski definition) is 6. The van der Waals surface area contributed by atoms with E-state index in [1.165, 1.54) is 154 Å². The number of esters is 3. The molecule has 0 N–H and O–H groups in total. The van der Waals surface area contributed by atoms with Crippen LogP contribution < -0.4 is 0 Å². The third-order valence-corrected chi connectivity index (χ3v) is 11.4. The Hall–Kier alpha value is -2.37. The lowest BCUT2D eigenvalue weighted by atomic mass is 10.1. The van der Waals surface area contributed by atoms with Gasteiger partial charge in [0.25, 0.3) is 0 Å². The van der Waals surface area contributed by atoms with Crippen molar-refractivity contribution in [3.63, 3.8) is 0 Å². The van der Waals surface area contributed by atoms with E-state index in [4.69, 9.17) is 14.2 Å². The van der Waals surface area contributed by atoms with E-state index in [9.17, 15) is 14.4 Å². The average Bonchev–Trinajstić information content (AvgIpc) is 3.24. The highest BCUT2D eigenvalue weighted by Crippen LogP contribution is 2.15. The van der Waals surface area contributed by atoms with E-state index in [-0.39, 0.29) is 31.1 Å². The summed E-state index contributed by atoms with van der Waals surface area (Å²) in [5, 5.41) is 0. The largest absolute Gasteiger partial charge is 0.462 e. The number of unbranched alkanes of at least 4 members (excludes halogenated alkanes) is 30. The molecule has 0 saturated heterocycles. The van der Waals surface area contributed by atoms with Crippen molar-refractivity contribution in [1.82, 2.24) is 0 Å². The fourth-order valence-electron chi connectivity index (χ4n) is 7.45. The minimum atomic E-state index is -0.771. The molecule has 6 nitrogen and oxygen atoms in total. The van der Waals surface area contributed by atoms with E-state index in [1.54, 1.807) is 0 Å². The van der Waals surface area contributed by atoms with Crippen LogP contribution in [0.5, 0.6) is 0 Å². The fourth-order valence-corrected chi connectivity index (χ4v) is 7.45. The quantitative estimate of drug-likeness (QED) is 0.0263. The van der Waals surface area contributed by atoms with Crippen LogP contribution in [0.3, 0.4) is 0 Å². The lowest BCUT2D eigenvalue weighted by Crippen LogP contribution is -2.30. The third kappa shape index (κ3) is 46.7. The Morgan fingerprint density at radius 2 is 0.600 bits per heavy atom. The predicted octanol–water partition coefficient (Wildman–Crippen LogP) is 16.9. The van der Waals surface area contributed by atoms with Crippen LogP contribution in [-0.4, -0.2) is 37.2 Å². The average molecular weight is 843 g/mol. The van der Waals surface area contributed by atoms with Crippen molar-refractivity contribution in [2.75, 3.05) is 13.2 Å². The standard InChI is InChI=1S/C54H98O6/c1-4-7-10-13-16-19-22-23-24-25-26-27-28-29-30-31-33-35-38-41-44-47-53(56)59-50-51(49-58-52(55)46-43-40-37-34-21-18-15-12-9-6-3)60-54(57)48-45-42-39-36-32-20-17-14-11-8-5-2/h22-23,25-26,28-29,51H,4-21,24,27,30-50H2,1-3H3/b23-22-,26-25-,29-28-. The van der Waals surface area contributed by atoms with Gasteiger partial charge in [0.2, 0.25) is 0 Å². The summed E-state index contributed by atoms with van der Waals surface area (Å²) in [6, 6.07) is 0. The van der Waals surface area contributed by atoms with Crippen LogP contribution in [0.2, 0.25) is 0 Å². The van der Waals surface area contributed by atoms with Gasteiger partial charge in [-0.25, -0.2) is 0 Å². The zero-order valence-corrected chi connectivity index (χ0v) is 40.0. The Morgan fingerprint density at radius 1 is 0.333 bits per heavy atom. The molecule has 0 spiro atoms. The fraction of sp³-hybridized carbons (Fsp3) is 0.833. The highest BCUT2D eigenvalue weighted by Gasteiger charge is 2.19. The molecule has 0 amide bonds. The molecule has 6 heteroatoms. The summed E-state index contributed by atoms with van der Waals surface area (Å²) in [4.78, 5) is 37.8. The second-order valence-electron chi connectivity index (χ2n) is 17.4. The number of carbonyl (C=O) groups is 3. The molecule has 0 saturated carbocycles. The first kappa shape index (κ1) is 57.6. The van der Waals surface area contributed by atoms with Crippen LogP contribution in [0, 0.1) is 0 Å². The molecule has 1 atom stereocenters. The number of allylic oxidation sites excluding steroid dienone is 6. The summed E-state index contributed by atoms with van der Waals surface area (Å²) in [6.45, 7) is 6.61. The molecule has 0 aliphatic rings. The summed E-state index contributed by atoms with van der Waals surface area (Å²) in [6.07, 6.45) is 57.0. The lowest BCUT2D eigenvalue weighted by Gasteiger charge is -2.18. The molecule has 350 valence electrons. The first-order valence-corrected chi connectivity index (χ1v) is 26.0. The number of carbonyl (C=O) groups excluding carboxylic acids is 3. The van der Waals surface area contributed by atoms with Gasteiger partial charge >= 0.3 is 17.9 Å². The summed E-state index contributed by atoms with van der Waals surface area (Å²) in [7, 11) is 0. The maximum atomic E-state index is 12.7. The van der Waals surface area contributed by atoms with Crippen molar-refractivity contribution in [2.45, 2.75) is 277 Å². The molecule has 0 fully saturated rings. The summed E-state index contributed by atoms with van der Waals surface area (Å²) in [5.41, 5.74) is 0. The van der Waals surface area contributed by atoms with Gasteiger partial charge in [-0.1, -0.05) is 231 Å². The summed E-state index contributed by atoms with van der Waals surface area (Å²) in [5.74, 6) is -0.879. The first-order valence-electron chi connectivity index (χ1n) is 26.0. The van der Waals surface area contributed by atoms with Crippen molar-refractivity contribution in [3.05, 3.63) is 36.5 Å².